The number of nitrogens with zero attached hydrogens (tertiary/aromatic N) is 1. The molecule has 0 atom stereocenters. The Balaban J connectivity index is 1.20. The Morgan fingerprint density at radius 3 is 1.51 bits per heavy atom. The molecule has 0 saturated carbocycles. The molecule has 43 heavy (non-hydrogen) atoms. The van der Waals surface area contributed by atoms with Crippen molar-refractivity contribution >= 4 is 49.4 Å². The number of hydrogen-bond acceptors (Lipinski definition) is 1. The van der Waals surface area contributed by atoms with Gasteiger partial charge in [-0.1, -0.05) is 109 Å². The molecular weight excluding hydrogens is 518 g/mol. The van der Waals surface area contributed by atoms with Gasteiger partial charge in [0.2, 0.25) is 0 Å². The maximum absolute atomic E-state index is 2.40. The van der Waals surface area contributed by atoms with Gasteiger partial charge in [0.15, 0.2) is 0 Å². The van der Waals surface area contributed by atoms with Crippen molar-refractivity contribution in [1.29, 1.82) is 0 Å². The molecule has 0 spiro atoms. The summed E-state index contributed by atoms with van der Waals surface area (Å²) >= 11 is 0. The molecular formula is C42H27N. The first-order valence-corrected chi connectivity index (χ1v) is 14.8. The minimum atomic E-state index is 1.14. The molecule has 8 aromatic rings. The molecule has 8 aromatic carbocycles. The number of anilines is 3. The zero-order chi connectivity index (χ0) is 28.3. The lowest BCUT2D eigenvalue weighted by Crippen LogP contribution is -2.10. The average molecular weight is 546 g/mol. The van der Waals surface area contributed by atoms with Crippen LogP contribution >= 0.6 is 0 Å². The van der Waals surface area contributed by atoms with E-state index in [1.807, 2.05) is 0 Å². The smallest absolute Gasteiger partial charge is 0.0540 e. The summed E-state index contributed by atoms with van der Waals surface area (Å²) < 4.78 is 0. The second kappa shape index (κ2) is 9.44. The minimum Gasteiger partial charge on any atom is -0.310 e. The maximum atomic E-state index is 2.40. The Kier molecular flexibility index (Phi) is 5.27. The minimum absolute atomic E-state index is 1.14. The van der Waals surface area contributed by atoms with Gasteiger partial charge in [-0.15, -0.1) is 0 Å². The second-order valence-electron chi connectivity index (χ2n) is 11.4. The molecule has 0 saturated heterocycles. The molecule has 9 rings (SSSR count). The van der Waals surface area contributed by atoms with Crippen molar-refractivity contribution in [2.24, 2.45) is 0 Å². The highest BCUT2D eigenvalue weighted by molar-refractivity contribution is 6.12. The van der Waals surface area contributed by atoms with E-state index in [9.17, 15) is 0 Å². The van der Waals surface area contributed by atoms with Gasteiger partial charge in [-0.25, -0.2) is 0 Å². The molecule has 0 aliphatic heterocycles. The van der Waals surface area contributed by atoms with Gasteiger partial charge < -0.3 is 4.90 Å². The van der Waals surface area contributed by atoms with Crippen LogP contribution in [0.1, 0.15) is 0 Å². The lowest BCUT2D eigenvalue weighted by atomic mass is 9.78. The molecule has 1 nitrogen and oxygen atoms in total. The summed E-state index contributed by atoms with van der Waals surface area (Å²) in [6.07, 6.45) is 0. The third kappa shape index (κ3) is 3.86. The molecule has 1 heteroatoms. The van der Waals surface area contributed by atoms with Crippen molar-refractivity contribution in [3.05, 3.63) is 164 Å². The van der Waals surface area contributed by atoms with Crippen molar-refractivity contribution in [2.75, 3.05) is 4.90 Å². The fourth-order valence-electron chi connectivity index (χ4n) is 6.76. The second-order valence-corrected chi connectivity index (χ2v) is 11.4. The molecule has 200 valence electrons. The SMILES string of the molecule is c1ccc(-c2ccc(N(c3ccc4cc5c(cc4c3)-c3cc4ccccc4cc3-5)c3cccc4ccccc34)cc2)cc1. The first-order valence-electron chi connectivity index (χ1n) is 14.8. The molecule has 0 radical (unpaired) electrons. The van der Waals surface area contributed by atoms with Crippen molar-refractivity contribution in [3.8, 4) is 33.4 Å². The molecule has 1 aliphatic rings. The average Bonchev–Trinajstić information content (AvgIpc) is 3.08. The van der Waals surface area contributed by atoms with Crippen LogP contribution in [-0.4, -0.2) is 0 Å². The van der Waals surface area contributed by atoms with Crippen LogP contribution in [0.15, 0.2) is 164 Å². The van der Waals surface area contributed by atoms with E-state index >= 15 is 0 Å². The highest BCUT2D eigenvalue weighted by Gasteiger charge is 2.24. The lowest BCUT2D eigenvalue weighted by Gasteiger charge is -2.28. The van der Waals surface area contributed by atoms with Gasteiger partial charge in [-0.05, 0) is 115 Å². The van der Waals surface area contributed by atoms with E-state index in [2.05, 4.69) is 169 Å². The third-order valence-corrected chi connectivity index (χ3v) is 8.92. The lowest BCUT2D eigenvalue weighted by molar-refractivity contribution is 1.30. The van der Waals surface area contributed by atoms with E-state index < -0.39 is 0 Å². The highest BCUT2D eigenvalue weighted by atomic mass is 15.1. The van der Waals surface area contributed by atoms with Crippen molar-refractivity contribution in [3.63, 3.8) is 0 Å². The number of hydrogen-bond donors (Lipinski definition) is 0. The first-order chi connectivity index (χ1) is 21.3. The Morgan fingerprint density at radius 1 is 0.302 bits per heavy atom. The Hall–Kier alpha value is -5.66. The topological polar surface area (TPSA) is 3.24 Å². The zero-order valence-corrected chi connectivity index (χ0v) is 23.5. The monoisotopic (exact) mass is 545 g/mol. The van der Waals surface area contributed by atoms with Crippen LogP contribution in [0.2, 0.25) is 0 Å². The summed E-state index contributed by atoms with van der Waals surface area (Å²) in [5.41, 5.74) is 11.3. The normalized spacial score (nSPS) is 11.7. The maximum Gasteiger partial charge on any atom is 0.0540 e. The van der Waals surface area contributed by atoms with Crippen molar-refractivity contribution in [2.45, 2.75) is 0 Å². The Labute approximate surface area is 250 Å². The predicted octanol–water partition coefficient (Wildman–Crippen LogP) is 11.9. The summed E-state index contributed by atoms with van der Waals surface area (Å²) in [6, 6.07) is 59.7. The standard InChI is InChI=1S/C42H27N/c1-2-9-28(10-3-1)29-17-20-35(21-18-29)43(42-16-8-14-30-11-6-7-15-37(30)42)36-22-19-33-26-40-38-24-31-12-4-5-13-32(31)25-39(38)41(40)27-34(33)23-36/h1-27H. The van der Waals surface area contributed by atoms with E-state index in [-0.39, 0.29) is 0 Å². The largest absolute Gasteiger partial charge is 0.310 e. The van der Waals surface area contributed by atoms with Crippen LogP contribution in [-0.2, 0) is 0 Å². The molecule has 0 unspecified atom stereocenters. The van der Waals surface area contributed by atoms with Gasteiger partial charge in [0, 0.05) is 16.8 Å². The summed E-state index contributed by atoms with van der Waals surface area (Å²) in [5, 5.41) is 7.57. The third-order valence-electron chi connectivity index (χ3n) is 8.92. The summed E-state index contributed by atoms with van der Waals surface area (Å²) in [4.78, 5) is 2.40. The van der Waals surface area contributed by atoms with Gasteiger partial charge >= 0.3 is 0 Å². The van der Waals surface area contributed by atoms with Gasteiger partial charge in [0.25, 0.3) is 0 Å². The molecule has 0 bridgehead atoms. The van der Waals surface area contributed by atoms with Crippen LogP contribution in [0.4, 0.5) is 17.1 Å². The van der Waals surface area contributed by atoms with Crippen LogP contribution in [0.3, 0.4) is 0 Å². The Bertz CT molecular complexity index is 2330. The van der Waals surface area contributed by atoms with Gasteiger partial charge in [0.05, 0.1) is 5.69 Å². The van der Waals surface area contributed by atoms with Crippen LogP contribution in [0.5, 0.6) is 0 Å². The predicted molar refractivity (Wildman–Crippen MR) is 184 cm³/mol. The first kappa shape index (κ1) is 24.0. The van der Waals surface area contributed by atoms with Gasteiger partial charge in [0.1, 0.15) is 0 Å². The molecule has 0 fully saturated rings. The summed E-state index contributed by atoms with van der Waals surface area (Å²) in [7, 11) is 0. The van der Waals surface area contributed by atoms with Crippen LogP contribution < -0.4 is 4.90 Å². The summed E-state index contributed by atoms with van der Waals surface area (Å²) in [5.74, 6) is 0. The molecule has 0 N–H and O–H groups in total. The van der Waals surface area contributed by atoms with Crippen LogP contribution in [0, 0.1) is 0 Å². The van der Waals surface area contributed by atoms with Gasteiger partial charge in [-0.2, -0.15) is 0 Å². The van der Waals surface area contributed by atoms with Crippen molar-refractivity contribution < 1.29 is 0 Å². The summed E-state index contributed by atoms with van der Waals surface area (Å²) in [6.45, 7) is 0. The number of rotatable bonds is 4. The molecule has 0 aromatic heterocycles. The van der Waals surface area contributed by atoms with E-state index in [0.717, 1.165) is 11.4 Å². The molecule has 0 heterocycles. The zero-order valence-electron chi connectivity index (χ0n) is 23.5. The van der Waals surface area contributed by atoms with E-state index in [0.29, 0.717) is 0 Å². The van der Waals surface area contributed by atoms with E-state index in [4.69, 9.17) is 0 Å². The Morgan fingerprint density at radius 2 is 0.814 bits per heavy atom. The quantitative estimate of drug-likeness (QED) is 0.213. The van der Waals surface area contributed by atoms with E-state index in [1.165, 1.54) is 71.4 Å². The fraction of sp³-hybridized carbons (Fsp3) is 0. The molecule has 0 amide bonds. The highest BCUT2D eigenvalue weighted by Crippen LogP contribution is 2.51. The van der Waals surface area contributed by atoms with Crippen molar-refractivity contribution in [1.82, 2.24) is 0 Å². The number of fused-ring (bicyclic) bond motifs is 7. The van der Waals surface area contributed by atoms with Gasteiger partial charge in [-0.3, -0.25) is 0 Å². The van der Waals surface area contributed by atoms with E-state index in [1.54, 1.807) is 0 Å². The molecule has 1 aliphatic carbocycles. The van der Waals surface area contributed by atoms with Crippen LogP contribution in [0.25, 0.3) is 65.7 Å². The number of benzene rings is 8. The fourth-order valence-corrected chi connectivity index (χ4v) is 6.76.